The largest absolute Gasteiger partial charge is 0.405 e. The summed E-state index contributed by atoms with van der Waals surface area (Å²) in [6.45, 7) is -1.38. The van der Waals surface area contributed by atoms with Crippen LogP contribution in [-0.4, -0.2) is 33.4 Å². The number of aromatic nitrogens is 3. The minimum Gasteiger partial charge on any atom is -0.343 e. The van der Waals surface area contributed by atoms with Gasteiger partial charge in [-0.1, -0.05) is 6.07 Å². The predicted octanol–water partition coefficient (Wildman–Crippen LogP) is 2.71. The number of alkyl halides is 3. The van der Waals surface area contributed by atoms with Crippen molar-refractivity contribution in [2.45, 2.75) is 6.18 Å². The Hall–Kier alpha value is -2.90. The molecule has 2 heterocycles. The number of fused-ring (bicyclic) bond motifs is 1. The Bertz CT molecular complexity index is 843. The Morgan fingerprint density at radius 1 is 1.22 bits per heavy atom. The fourth-order valence-electron chi connectivity index (χ4n) is 2.14. The number of benzene rings is 1. The molecule has 0 aliphatic carbocycles. The summed E-state index contributed by atoms with van der Waals surface area (Å²) in [4.78, 5) is 16.0. The zero-order valence-electron chi connectivity index (χ0n) is 11.7. The number of nitrogens with zero attached hydrogens (tertiary/aromatic N) is 3. The molecule has 0 spiro atoms. The van der Waals surface area contributed by atoms with E-state index in [0.717, 1.165) is 0 Å². The number of hydrogen-bond donors (Lipinski definition) is 1. The molecule has 0 saturated carbocycles. The Morgan fingerprint density at radius 2 is 2.04 bits per heavy atom. The lowest BCUT2D eigenvalue weighted by Gasteiger charge is -2.08. The van der Waals surface area contributed by atoms with E-state index in [4.69, 9.17) is 0 Å². The van der Waals surface area contributed by atoms with Crippen molar-refractivity contribution >= 4 is 16.8 Å². The molecule has 0 aliphatic heterocycles. The van der Waals surface area contributed by atoms with Crippen LogP contribution in [0.4, 0.5) is 13.2 Å². The van der Waals surface area contributed by atoms with Gasteiger partial charge in [-0.2, -0.15) is 18.3 Å². The highest BCUT2D eigenvalue weighted by Gasteiger charge is 2.28. The van der Waals surface area contributed by atoms with Gasteiger partial charge in [0.05, 0.1) is 23.0 Å². The van der Waals surface area contributed by atoms with E-state index >= 15 is 0 Å². The van der Waals surface area contributed by atoms with Gasteiger partial charge in [0.1, 0.15) is 6.54 Å². The van der Waals surface area contributed by atoms with Gasteiger partial charge in [0.15, 0.2) is 0 Å². The van der Waals surface area contributed by atoms with E-state index in [9.17, 15) is 18.0 Å². The molecule has 0 unspecified atom stereocenters. The third-order valence-corrected chi connectivity index (χ3v) is 3.15. The Kier molecular flexibility index (Phi) is 3.73. The maximum atomic E-state index is 12.2. The van der Waals surface area contributed by atoms with Gasteiger partial charge in [-0.05, 0) is 24.3 Å². The van der Waals surface area contributed by atoms with Crippen molar-refractivity contribution in [3.63, 3.8) is 0 Å². The summed E-state index contributed by atoms with van der Waals surface area (Å²) < 4.78 is 38.2. The van der Waals surface area contributed by atoms with Crippen LogP contribution in [0, 0.1) is 0 Å². The van der Waals surface area contributed by atoms with Crippen LogP contribution in [0.15, 0.2) is 48.9 Å². The van der Waals surface area contributed by atoms with Crippen molar-refractivity contribution in [1.29, 1.82) is 0 Å². The second-order valence-electron chi connectivity index (χ2n) is 4.82. The molecule has 8 heteroatoms. The summed E-state index contributed by atoms with van der Waals surface area (Å²) in [6.07, 6.45) is 0.344. The van der Waals surface area contributed by atoms with Gasteiger partial charge >= 0.3 is 6.18 Å². The first-order chi connectivity index (χ1) is 10.9. The number of rotatable bonds is 3. The number of hydrogen-bond acceptors (Lipinski definition) is 3. The molecule has 0 bridgehead atoms. The molecule has 0 aliphatic rings. The average molecular weight is 320 g/mol. The minimum atomic E-state index is -4.45. The molecular weight excluding hydrogens is 309 g/mol. The Balaban J connectivity index is 1.96. The van der Waals surface area contributed by atoms with Crippen molar-refractivity contribution < 1.29 is 18.0 Å². The lowest BCUT2D eigenvalue weighted by molar-refractivity contribution is -0.123. The van der Waals surface area contributed by atoms with Crippen LogP contribution in [0.3, 0.4) is 0 Å². The van der Waals surface area contributed by atoms with Gasteiger partial charge in [0.2, 0.25) is 0 Å². The van der Waals surface area contributed by atoms with E-state index in [1.165, 1.54) is 10.7 Å². The van der Waals surface area contributed by atoms with Crippen molar-refractivity contribution in [1.82, 2.24) is 20.1 Å². The fraction of sp³-hybridized carbons (Fsp3) is 0.133. The van der Waals surface area contributed by atoms with Crippen LogP contribution in [0.25, 0.3) is 16.6 Å². The summed E-state index contributed by atoms with van der Waals surface area (Å²) in [6, 6.07) is 8.23. The van der Waals surface area contributed by atoms with Crippen molar-refractivity contribution in [2.75, 3.05) is 6.54 Å². The first kappa shape index (κ1) is 15.0. The van der Waals surface area contributed by atoms with Gasteiger partial charge in [-0.3, -0.25) is 9.78 Å². The normalized spacial score (nSPS) is 11.6. The van der Waals surface area contributed by atoms with Crippen LogP contribution < -0.4 is 5.32 Å². The van der Waals surface area contributed by atoms with Gasteiger partial charge in [0, 0.05) is 17.8 Å². The summed E-state index contributed by atoms with van der Waals surface area (Å²) in [7, 11) is 0. The molecule has 3 rings (SSSR count). The molecule has 1 N–H and O–H groups in total. The lowest BCUT2D eigenvalue weighted by atomic mass is 10.1. The molecule has 1 aromatic carbocycles. The second-order valence-corrected chi connectivity index (χ2v) is 4.82. The number of pyridine rings is 1. The van der Waals surface area contributed by atoms with E-state index < -0.39 is 18.6 Å². The maximum Gasteiger partial charge on any atom is 0.405 e. The predicted molar refractivity (Wildman–Crippen MR) is 77.3 cm³/mol. The highest BCUT2D eigenvalue weighted by Crippen LogP contribution is 2.20. The molecule has 5 nitrogen and oxygen atoms in total. The van der Waals surface area contributed by atoms with Crippen LogP contribution in [-0.2, 0) is 0 Å². The lowest BCUT2D eigenvalue weighted by Crippen LogP contribution is -2.33. The summed E-state index contributed by atoms with van der Waals surface area (Å²) in [5.74, 6) is -0.793. The van der Waals surface area contributed by atoms with Crippen LogP contribution in [0.1, 0.15) is 10.4 Å². The van der Waals surface area contributed by atoms with Crippen molar-refractivity contribution in [2.24, 2.45) is 0 Å². The summed E-state index contributed by atoms with van der Waals surface area (Å²) in [5, 5.41) is 6.64. The second kappa shape index (κ2) is 5.71. The quantitative estimate of drug-likeness (QED) is 0.807. The SMILES string of the molecule is O=C(NCC(F)(F)F)c1cccc2nn(-c3cccnc3)cc12. The number of carbonyl (C=O) groups is 1. The minimum absolute atomic E-state index is 0.141. The molecule has 1 amide bonds. The first-order valence-corrected chi connectivity index (χ1v) is 6.68. The van der Waals surface area contributed by atoms with Crippen LogP contribution in [0.2, 0.25) is 0 Å². The van der Waals surface area contributed by atoms with E-state index in [0.29, 0.717) is 16.6 Å². The maximum absolute atomic E-state index is 12.2. The molecule has 118 valence electrons. The van der Waals surface area contributed by atoms with Crippen molar-refractivity contribution in [3.8, 4) is 5.69 Å². The smallest absolute Gasteiger partial charge is 0.343 e. The van der Waals surface area contributed by atoms with Gasteiger partial charge in [0.25, 0.3) is 5.91 Å². The molecule has 0 radical (unpaired) electrons. The highest BCUT2D eigenvalue weighted by atomic mass is 19.4. The van der Waals surface area contributed by atoms with Crippen LogP contribution >= 0.6 is 0 Å². The number of nitrogens with one attached hydrogen (secondary N) is 1. The molecule has 0 atom stereocenters. The zero-order valence-corrected chi connectivity index (χ0v) is 11.7. The third kappa shape index (κ3) is 3.31. The molecule has 3 aromatic rings. The summed E-state index contributed by atoms with van der Waals surface area (Å²) >= 11 is 0. The van der Waals surface area contributed by atoms with Gasteiger partial charge in [-0.25, -0.2) is 4.68 Å². The zero-order chi connectivity index (χ0) is 16.4. The molecule has 2 aromatic heterocycles. The molecule has 0 saturated heterocycles. The monoisotopic (exact) mass is 320 g/mol. The van der Waals surface area contributed by atoms with Gasteiger partial charge < -0.3 is 5.32 Å². The molecule has 0 fully saturated rings. The summed E-state index contributed by atoms with van der Waals surface area (Å²) in [5.41, 5.74) is 1.33. The average Bonchev–Trinajstić information content (AvgIpc) is 2.97. The Labute approximate surface area is 128 Å². The highest BCUT2D eigenvalue weighted by molar-refractivity contribution is 6.06. The number of carbonyl (C=O) groups excluding carboxylic acids is 1. The standard InChI is InChI=1S/C15H11F3N4O/c16-15(17,18)9-20-14(23)11-4-1-5-13-12(11)8-22(21-13)10-3-2-6-19-7-10/h1-8H,9H2,(H,20,23). The molecule has 23 heavy (non-hydrogen) atoms. The van der Waals surface area contributed by atoms with E-state index in [-0.39, 0.29) is 5.56 Å². The number of halogens is 3. The fourth-order valence-corrected chi connectivity index (χ4v) is 2.14. The Morgan fingerprint density at radius 3 is 2.74 bits per heavy atom. The van der Waals surface area contributed by atoms with E-state index in [1.807, 2.05) is 5.32 Å². The van der Waals surface area contributed by atoms with E-state index in [2.05, 4.69) is 10.1 Å². The molecular formula is C15H11F3N4O. The third-order valence-electron chi connectivity index (χ3n) is 3.15. The van der Waals surface area contributed by atoms with Gasteiger partial charge in [-0.15, -0.1) is 0 Å². The topological polar surface area (TPSA) is 59.8 Å². The van der Waals surface area contributed by atoms with E-state index in [1.54, 1.807) is 42.9 Å². The first-order valence-electron chi connectivity index (χ1n) is 6.68. The van der Waals surface area contributed by atoms with Crippen LogP contribution in [0.5, 0.6) is 0 Å². The van der Waals surface area contributed by atoms with Crippen molar-refractivity contribution in [3.05, 3.63) is 54.5 Å². The number of amides is 1.